The quantitative estimate of drug-likeness (QED) is 0.699. The minimum atomic E-state index is -0.120. The molecular formula is C17H23Cl2N3OS2. The molecule has 2 unspecified atom stereocenters. The molecule has 1 aliphatic rings. The Hall–Kier alpha value is -0.660. The van der Waals surface area contributed by atoms with Crippen LogP contribution < -0.4 is 10.6 Å². The number of para-hydroxylation sites is 1. The fourth-order valence-electron chi connectivity index (χ4n) is 2.60. The predicted octanol–water partition coefficient (Wildman–Crippen LogP) is 3.65. The second-order valence-electron chi connectivity index (χ2n) is 5.53. The van der Waals surface area contributed by atoms with Crippen LogP contribution in [0.1, 0.15) is 17.4 Å². The molecule has 1 amide bonds. The lowest BCUT2D eigenvalue weighted by Crippen LogP contribution is -2.42. The zero-order chi connectivity index (χ0) is 16.1. The zero-order valence-corrected chi connectivity index (χ0v) is 17.2. The van der Waals surface area contributed by atoms with Gasteiger partial charge in [0.2, 0.25) is 5.91 Å². The van der Waals surface area contributed by atoms with Gasteiger partial charge in [-0.25, -0.2) is 0 Å². The second kappa shape index (κ2) is 11.1. The van der Waals surface area contributed by atoms with Crippen molar-refractivity contribution >= 4 is 65.1 Å². The molecular weight excluding hydrogens is 397 g/mol. The molecule has 0 radical (unpaired) electrons. The van der Waals surface area contributed by atoms with Crippen LogP contribution in [0.15, 0.2) is 36.5 Å². The Morgan fingerprint density at radius 3 is 3.00 bits per heavy atom. The first kappa shape index (κ1) is 22.4. The van der Waals surface area contributed by atoms with E-state index in [0.29, 0.717) is 0 Å². The molecule has 3 rings (SSSR count). The molecule has 2 atom stereocenters. The highest BCUT2D eigenvalue weighted by molar-refractivity contribution is 7.99. The number of carbonyl (C=O) groups is 1. The average molecular weight is 420 g/mol. The van der Waals surface area contributed by atoms with Crippen LogP contribution in [0, 0.1) is 0 Å². The Kier molecular flexibility index (Phi) is 9.97. The third kappa shape index (κ3) is 5.93. The van der Waals surface area contributed by atoms with Crippen molar-refractivity contribution in [2.24, 2.45) is 0 Å². The van der Waals surface area contributed by atoms with Gasteiger partial charge in [-0.1, -0.05) is 18.2 Å². The van der Waals surface area contributed by atoms with E-state index in [1.54, 1.807) is 23.5 Å². The smallest absolute Gasteiger partial charge is 0.238 e. The van der Waals surface area contributed by atoms with Crippen molar-refractivity contribution in [2.45, 2.75) is 17.8 Å². The molecule has 1 aromatic heterocycles. The van der Waals surface area contributed by atoms with Crippen LogP contribution in [0.25, 0.3) is 10.9 Å². The summed E-state index contributed by atoms with van der Waals surface area (Å²) in [4.78, 5) is 16.7. The van der Waals surface area contributed by atoms with Gasteiger partial charge in [-0.3, -0.25) is 15.1 Å². The number of hydrogen-bond donors (Lipinski definition) is 2. The van der Waals surface area contributed by atoms with Crippen LogP contribution in [-0.2, 0) is 4.79 Å². The maximum absolute atomic E-state index is 12.2. The first-order valence-electron chi connectivity index (χ1n) is 7.77. The maximum Gasteiger partial charge on any atom is 0.238 e. The number of hydrogen-bond acceptors (Lipinski definition) is 5. The summed E-state index contributed by atoms with van der Waals surface area (Å²) >= 11 is 3.57. The minimum Gasteiger partial charge on any atom is -0.355 e. The van der Waals surface area contributed by atoms with E-state index in [2.05, 4.69) is 34.0 Å². The average Bonchev–Trinajstić information content (AvgIpc) is 3.08. The highest BCUT2D eigenvalue weighted by Gasteiger charge is 2.30. The van der Waals surface area contributed by atoms with Crippen molar-refractivity contribution in [1.82, 2.24) is 15.6 Å². The predicted molar refractivity (Wildman–Crippen MR) is 114 cm³/mol. The SMILES string of the molecule is CSCCCNC(=O)C1CSC(c2cnc3ccccc3c2)N1.Cl.Cl. The fraction of sp³-hybridized carbons (Fsp3) is 0.412. The normalized spacial score (nSPS) is 19.1. The number of halogens is 2. The number of benzene rings is 1. The van der Waals surface area contributed by atoms with Gasteiger partial charge in [-0.05, 0) is 36.1 Å². The van der Waals surface area contributed by atoms with E-state index in [1.165, 1.54) is 0 Å². The van der Waals surface area contributed by atoms with Crippen LogP contribution in [0.5, 0.6) is 0 Å². The standard InChI is InChI=1S/C17H21N3OS2.2ClH/c1-22-8-4-7-18-16(21)15-11-23-17(20-15)13-9-12-5-2-3-6-14(12)19-10-13;;/h2-3,5-6,9-10,15,17,20H,4,7-8,11H2,1H3,(H,18,21);2*1H. The number of pyridine rings is 1. The van der Waals surface area contributed by atoms with Crippen molar-refractivity contribution in [3.63, 3.8) is 0 Å². The van der Waals surface area contributed by atoms with Crippen molar-refractivity contribution in [3.8, 4) is 0 Å². The van der Waals surface area contributed by atoms with Gasteiger partial charge in [0.15, 0.2) is 0 Å². The molecule has 138 valence electrons. The summed E-state index contributed by atoms with van der Waals surface area (Å²) in [7, 11) is 0. The van der Waals surface area contributed by atoms with E-state index in [4.69, 9.17) is 0 Å². The van der Waals surface area contributed by atoms with Gasteiger partial charge in [-0.15, -0.1) is 36.6 Å². The Bertz CT molecular complexity index is 690. The summed E-state index contributed by atoms with van der Waals surface area (Å²) < 4.78 is 0. The Morgan fingerprint density at radius 1 is 1.40 bits per heavy atom. The number of carbonyl (C=O) groups excluding carboxylic acids is 1. The molecule has 4 nitrogen and oxygen atoms in total. The van der Waals surface area contributed by atoms with E-state index in [9.17, 15) is 4.79 Å². The molecule has 0 aliphatic carbocycles. The molecule has 0 bridgehead atoms. The Labute approximate surface area is 169 Å². The van der Waals surface area contributed by atoms with Crippen molar-refractivity contribution in [2.75, 3.05) is 24.3 Å². The Balaban J connectivity index is 0.00000156. The number of nitrogens with zero attached hydrogens (tertiary/aromatic N) is 1. The van der Waals surface area contributed by atoms with Crippen LogP contribution in [0.3, 0.4) is 0 Å². The molecule has 1 aliphatic heterocycles. The van der Waals surface area contributed by atoms with Gasteiger partial charge in [0.05, 0.1) is 16.9 Å². The van der Waals surface area contributed by atoms with Crippen LogP contribution in [0.4, 0.5) is 0 Å². The van der Waals surface area contributed by atoms with Crippen molar-refractivity contribution < 1.29 is 4.79 Å². The molecule has 2 aromatic rings. The van der Waals surface area contributed by atoms with Crippen LogP contribution in [-0.4, -0.2) is 41.2 Å². The number of nitrogens with one attached hydrogen (secondary N) is 2. The third-order valence-electron chi connectivity index (χ3n) is 3.84. The van der Waals surface area contributed by atoms with E-state index in [-0.39, 0.29) is 42.1 Å². The number of aromatic nitrogens is 1. The molecule has 0 saturated carbocycles. The number of thioether (sulfide) groups is 2. The van der Waals surface area contributed by atoms with Gasteiger partial charge < -0.3 is 5.32 Å². The highest BCUT2D eigenvalue weighted by Crippen LogP contribution is 2.33. The summed E-state index contributed by atoms with van der Waals surface area (Å²) in [5.74, 6) is 1.99. The van der Waals surface area contributed by atoms with Crippen molar-refractivity contribution in [1.29, 1.82) is 0 Å². The van der Waals surface area contributed by atoms with Gasteiger partial charge in [-0.2, -0.15) is 11.8 Å². The second-order valence-corrected chi connectivity index (χ2v) is 7.66. The monoisotopic (exact) mass is 419 g/mol. The topological polar surface area (TPSA) is 54.0 Å². The van der Waals surface area contributed by atoms with E-state index >= 15 is 0 Å². The largest absolute Gasteiger partial charge is 0.355 e. The summed E-state index contributed by atoms with van der Waals surface area (Å²) in [5.41, 5.74) is 2.13. The van der Waals surface area contributed by atoms with Gasteiger partial charge in [0, 0.05) is 23.9 Å². The van der Waals surface area contributed by atoms with Gasteiger partial charge >= 0.3 is 0 Å². The Morgan fingerprint density at radius 2 is 2.20 bits per heavy atom. The molecule has 2 heterocycles. The fourth-order valence-corrected chi connectivity index (χ4v) is 4.25. The summed E-state index contributed by atoms with van der Waals surface area (Å²) in [6.07, 6.45) is 5.01. The van der Waals surface area contributed by atoms with Crippen molar-refractivity contribution in [3.05, 3.63) is 42.1 Å². The summed E-state index contributed by atoms with van der Waals surface area (Å²) in [6, 6.07) is 10.1. The van der Waals surface area contributed by atoms with E-state index < -0.39 is 0 Å². The molecule has 2 N–H and O–H groups in total. The molecule has 1 fully saturated rings. The molecule has 0 spiro atoms. The van der Waals surface area contributed by atoms with Gasteiger partial charge in [0.1, 0.15) is 0 Å². The lowest BCUT2D eigenvalue weighted by atomic mass is 10.1. The first-order chi connectivity index (χ1) is 11.3. The lowest BCUT2D eigenvalue weighted by Gasteiger charge is -2.14. The number of rotatable bonds is 6. The van der Waals surface area contributed by atoms with Gasteiger partial charge in [0.25, 0.3) is 0 Å². The lowest BCUT2D eigenvalue weighted by molar-refractivity contribution is -0.122. The van der Waals surface area contributed by atoms with E-state index in [1.807, 2.05) is 24.4 Å². The third-order valence-corrected chi connectivity index (χ3v) is 5.80. The highest BCUT2D eigenvalue weighted by atomic mass is 35.5. The number of amides is 1. The van der Waals surface area contributed by atoms with E-state index in [0.717, 1.165) is 40.9 Å². The maximum atomic E-state index is 12.2. The number of fused-ring (bicyclic) bond motifs is 1. The molecule has 1 saturated heterocycles. The zero-order valence-electron chi connectivity index (χ0n) is 13.9. The van der Waals surface area contributed by atoms with Crippen LogP contribution in [0.2, 0.25) is 0 Å². The first-order valence-corrected chi connectivity index (χ1v) is 10.2. The molecule has 1 aromatic carbocycles. The summed E-state index contributed by atoms with van der Waals surface area (Å²) in [5, 5.41) is 7.71. The molecule has 8 heteroatoms. The minimum absolute atomic E-state index is 0. The van der Waals surface area contributed by atoms with Crippen LogP contribution >= 0.6 is 48.3 Å². The summed E-state index contributed by atoms with van der Waals surface area (Å²) in [6.45, 7) is 0.755. The molecule has 25 heavy (non-hydrogen) atoms.